The van der Waals surface area contributed by atoms with Crippen LogP contribution in [0.5, 0.6) is 0 Å². The van der Waals surface area contributed by atoms with Crippen molar-refractivity contribution in [1.82, 2.24) is 14.9 Å². The molecule has 1 atom stereocenters. The number of rotatable bonds is 9. The molecule has 0 radical (unpaired) electrons. The highest BCUT2D eigenvalue weighted by Gasteiger charge is 2.14. The molecule has 0 bridgehead atoms. The summed E-state index contributed by atoms with van der Waals surface area (Å²) in [5.41, 5.74) is 9.45. The Kier molecular flexibility index (Phi) is 6.67. The maximum atomic E-state index is 11.3. The Morgan fingerprint density at radius 1 is 1.25 bits per heavy atom. The summed E-state index contributed by atoms with van der Waals surface area (Å²) in [6.07, 6.45) is 0. The zero-order valence-corrected chi connectivity index (χ0v) is 16.9. The van der Waals surface area contributed by atoms with Crippen LogP contribution in [0.3, 0.4) is 0 Å². The summed E-state index contributed by atoms with van der Waals surface area (Å²) in [5.74, 6) is 0.457. The zero-order valence-electron chi connectivity index (χ0n) is 16.1. The molecule has 0 aliphatic carbocycles. The van der Waals surface area contributed by atoms with Crippen molar-refractivity contribution < 1.29 is 9.53 Å². The first-order chi connectivity index (χ1) is 13.5. The summed E-state index contributed by atoms with van der Waals surface area (Å²) in [4.78, 5) is 16.1. The van der Waals surface area contributed by atoms with Gasteiger partial charge in [0.1, 0.15) is 5.82 Å². The number of carbonyl (C=O) groups is 1. The lowest BCUT2D eigenvalue weighted by Crippen LogP contribution is -2.38. The topological polar surface area (TPSA) is 82.2 Å². The van der Waals surface area contributed by atoms with E-state index >= 15 is 0 Å². The van der Waals surface area contributed by atoms with Crippen molar-refractivity contribution in [3.63, 3.8) is 0 Å². The minimum absolute atomic E-state index is 0.387. The fraction of sp³-hybridized carbons (Fsp3) is 0.333. The molecule has 0 saturated carbocycles. The van der Waals surface area contributed by atoms with E-state index in [9.17, 15) is 4.79 Å². The molecule has 0 aliphatic rings. The predicted octanol–water partition coefficient (Wildman–Crippen LogP) is 3.36. The number of nitrogens with two attached hydrogens (primary N) is 1. The lowest BCUT2D eigenvalue weighted by molar-refractivity contribution is -0.119. The summed E-state index contributed by atoms with van der Waals surface area (Å²) in [5, 5.41) is 3.84. The number of halogens is 1. The van der Waals surface area contributed by atoms with Crippen LogP contribution in [0.2, 0.25) is 5.02 Å². The SMILES string of the molecule is CCOCCn1c(CN[C@@H](C)C(N)=O)nc2ccc(-c3ccc(Cl)cc3)cc21. The van der Waals surface area contributed by atoms with E-state index in [1.165, 1.54) is 0 Å². The Bertz CT molecular complexity index is 953. The Balaban J connectivity index is 1.96. The monoisotopic (exact) mass is 400 g/mol. The lowest BCUT2D eigenvalue weighted by Gasteiger charge is -2.13. The molecule has 0 unspecified atom stereocenters. The van der Waals surface area contributed by atoms with Gasteiger partial charge in [-0.2, -0.15) is 0 Å². The van der Waals surface area contributed by atoms with Crippen LogP contribution < -0.4 is 11.1 Å². The van der Waals surface area contributed by atoms with E-state index in [2.05, 4.69) is 22.0 Å². The standard InChI is InChI=1S/C21H25ClN4O2/c1-3-28-11-10-26-19-12-16(15-4-7-17(22)8-5-15)6-9-18(19)25-20(26)13-24-14(2)21(23)27/h4-9,12,14,24H,3,10-11,13H2,1-2H3,(H2,23,27)/t14-/m0/s1. The first kappa shape index (κ1) is 20.3. The number of hydrogen-bond acceptors (Lipinski definition) is 4. The number of ether oxygens (including phenoxy) is 1. The largest absolute Gasteiger partial charge is 0.380 e. The number of aromatic nitrogens is 2. The molecule has 0 aliphatic heterocycles. The zero-order chi connectivity index (χ0) is 20.1. The van der Waals surface area contributed by atoms with Gasteiger partial charge in [-0.3, -0.25) is 10.1 Å². The van der Waals surface area contributed by atoms with Gasteiger partial charge in [0.15, 0.2) is 0 Å². The number of imidazole rings is 1. The highest BCUT2D eigenvalue weighted by atomic mass is 35.5. The number of primary amides is 1. The minimum Gasteiger partial charge on any atom is -0.380 e. The van der Waals surface area contributed by atoms with Crippen LogP contribution >= 0.6 is 11.6 Å². The molecule has 1 amide bonds. The number of hydrogen-bond donors (Lipinski definition) is 2. The molecule has 1 aromatic heterocycles. The van der Waals surface area contributed by atoms with Crippen molar-refractivity contribution in [2.75, 3.05) is 13.2 Å². The Hall–Kier alpha value is -2.41. The fourth-order valence-corrected chi connectivity index (χ4v) is 3.15. The van der Waals surface area contributed by atoms with Gasteiger partial charge in [0.25, 0.3) is 0 Å². The Morgan fingerprint density at radius 2 is 1.96 bits per heavy atom. The van der Waals surface area contributed by atoms with Gasteiger partial charge in [-0.05, 0) is 49.2 Å². The van der Waals surface area contributed by atoms with E-state index in [1.54, 1.807) is 6.92 Å². The lowest BCUT2D eigenvalue weighted by atomic mass is 10.1. The molecule has 3 N–H and O–H groups in total. The van der Waals surface area contributed by atoms with E-state index in [4.69, 9.17) is 27.1 Å². The molecule has 0 fully saturated rings. The maximum Gasteiger partial charge on any atom is 0.234 e. The number of amides is 1. The van der Waals surface area contributed by atoms with Crippen molar-refractivity contribution in [3.8, 4) is 11.1 Å². The van der Waals surface area contributed by atoms with Crippen LogP contribution in [0.1, 0.15) is 19.7 Å². The van der Waals surface area contributed by atoms with Gasteiger partial charge in [0.2, 0.25) is 5.91 Å². The van der Waals surface area contributed by atoms with Crippen molar-refractivity contribution in [2.45, 2.75) is 33.0 Å². The van der Waals surface area contributed by atoms with Gasteiger partial charge >= 0.3 is 0 Å². The van der Waals surface area contributed by atoms with Gasteiger partial charge in [-0.25, -0.2) is 4.98 Å². The van der Waals surface area contributed by atoms with Crippen molar-refractivity contribution in [2.24, 2.45) is 5.73 Å². The molecule has 7 heteroatoms. The molecule has 2 aromatic carbocycles. The van der Waals surface area contributed by atoms with Crippen molar-refractivity contribution in [3.05, 3.63) is 53.3 Å². The predicted molar refractivity (Wildman–Crippen MR) is 112 cm³/mol. The molecule has 3 rings (SSSR count). The first-order valence-corrected chi connectivity index (χ1v) is 9.73. The molecule has 6 nitrogen and oxygen atoms in total. The van der Waals surface area contributed by atoms with Gasteiger partial charge in [0.05, 0.1) is 30.2 Å². The second-order valence-corrected chi connectivity index (χ2v) is 7.03. The molecule has 1 heterocycles. The van der Waals surface area contributed by atoms with Crippen LogP contribution in [0, 0.1) is 0 Å². The third-order valence-electron chi connectivity index (χ3n) is 4.66. The average Bonchev–Trinajstić information content (AvgIpc) is 3.03. The summed E-state index contributed by atoms with van der Waals surface area (Å²) in [7, 11) is 0. The van der Waals surface area contributed by atoms with E-state index in [-0.39, 0.29) is 5.91 Å². The minimum atomic E-state index is -0.426. The van der Waals surface area contributed by atoms with Gasteiger partial charge in [0, 0.05) is 18.2 Å². The second kappa shape index (κ2) is 9.19. The van der Waals surface area contributed by atoms with E-state index in [1.807, 2.05) is 37.3 Å². The number of benzene rings is 2. The van der Waals surface area contributed by atoms with Crippen molar-refractivity contribution in [1.29, 1.82) is 0 Å². The number of fused-ring (bicyclic) bond motifs is 1. The summed E-state index contributed by atoms with van der Waals surface area (Å²) < 4.78 is 7.67. The molecule has 28 heavy (non-hydrogen) atoms. The normalized spacial score (nSPS) is 12.4. The highest BCUT2D eigenvalue weighted by Crippen LogP contribution is 2.26. The molecular weight excluding hydrogens is 376 g/mol. The van der Waals surface area contributed by atoms with Crippen LogP contribution in [0.15, 0.2) is 42.5 Å². The Morgan fingerprint density at radius 3 is 2.64 bits per heavy atom. The molecule has 148 valence electrons. The number of nitrogens with one attached hydrogen (secondary N) is 1. The summed E-state index contributed by atoms with van der Waals surface area (Å²) >= 11 is 6.01. The molecule has 3 aromatic rings. The summed E-state index contributed by atoms with van der Waals surface area (Å²) in [6.45, 7) is 6.09. The van der Waals surface area contributed by atoms with E-state index in [0.29, 0.717) is 31.3 Å². The maximum absolute atomic E-state index is 11.3. The highest BCUT2D eigenvalue weighted by molar-refractivity contribution is 6.30. The van der Waals surface area contributed by atoms with Gasteiger partial charge < -0.3 is 15.0 Å². The fourth-order valence-electron chi connectivity index (χ4n) is 3.02. The van der Waals surface area contributed by atoms with E-state index in [0.717, 1.165) is 28.0 Å². The third kappa shape index (κ3) is 4.70. The number of nitrogens with zero attached hydrogens (tertiary/aromatic N) is 2. The van der Waals surface area contributed by atoms with Gasteiger partial charge in [-0.1, -0.05) is 29.8 Å². The van der Waals surface area contributed by atoms with Crippen LogP contribution in [0.4, 0.5) is 0 Å². The first-order valence-electron chi connectivity index (χ1n) is 9.35. The van der Waals surface area contributed by atoms with Crippen molar-refractivity contribution >= 4 is 28.5 Å². The van der Waals surface area contributed by atoms with E-state index < -0.39 is 6.04 Å². The van der Waals surface area contributed by atoms with Crippen LogP contribution in [-0.4, -0.2) is 34.7 Å². The van der Waals surface area contributed by atoms with Crippen LogP contribution in [-0.2, 0) is 22.6 Å². The molecule has 0 spiro atoms. The molecule has 0 saturated heterocycles. The van der Waals surface area contributed by atoms with Crippen LogP contribution in [0.25, 0.3) is 22.2 Å². The average molecular weight is 401 g/mol. The third-order valence-corrected chi connectivity index (χ3v) is 4.91. The summed E-state index contributed by atoms with van der Waals surface area (Å²) in [6, 6.07) is 13.5. The molecular formula is C21H25ClN4O2. The quantitative estimate of drug-likeness (QED) is 0.539. The second-order valence-electron chi connectivity index (χ2n) is 6.59. The number of carbonyl (C=O) groups excluding carboxylic acids is 1. The smallest absolute Gasteiger partial charge is 0.234 e. The Labute approximate surface area is 169 Å². The van der Waals surface area contributed by atoms with Gasteiger partial charge in [-0.15, -0.1) is 0 Å².